The Morgan fingerprint density at radius 3 is 2.00 bits per heavy atom. The van der Waals surface area contributed by atoms with Crippen molar-refractivity contribution in [1.29, 1.82) is 0 Å². The van der Waals surface area contributed by atoms with Crippen LogP contribution in [0.3, 0.4) is 0 Å². The minimum atomic E-state index is 0. The maximum atomic E-state index is 3.22. The molecule has 1 nitrogen and oxygen atoms in total. The maximum absolute atomic E-state index is 3.22. The summed E-state index contributed by atoms with van der Waals surface area (Å²) in [6.45, 7) is 2.50. The van der Waals surface area contributed by atoms with E-state index in [1.165, 1.54) is 25.9 Å². The number of nitrogens with one attached hydrogen (secondary N) is 1. The third kappa shape index (κ3) is 0.618. The largest absolute Gasteiger partial charge is 1.00 e. The van der Waals surface area contributed by atoms with Gasteiger partial charge in [-0.15, -0.1) is 0 Å². The summed E-state index contributed by atoms with van der Waals surface area (Å²) in [6, 6.07) is 0. The van der Waals surface area contributed by atoms with Crippen molar-refractivity contribution in [1.82, 2.24) is 5.32 Å². The van der Waals surface area contributed by atoms with E-state index in [9.17, 15) is 0 Å². The summed E-state index contributed by atoms with van der Waals surface area (Å²) in [4.78, 5) is 0. The lowest BCUT2D eigenvalue weighted by Gasteiger charge is -1.76. The third-order valence-electron chi connectivity index (χ3n) is 0.957. The zero-order valence-corrected chi connectivity index (χ0v) is 3.33. The van der Waals surface area contributed by atoms with Crippen LogP contribution in [0.15, 0.2) is 0 Å². The highest BCUT2D eigenvalue weighted by Crippen LogP contribution is 1.90. The fourth-order valence-corrected chi connectivity index (χ4v) is 0.625. The van der Waals surface area contributed by atoms with Crippen LogP contribution in [0.25, 0.3) is 0 Å². The topological polar surface area (TPSA) is 12.0 Å². The summed E-state index contributed by atoms with van der Waals surface area (Å²) in [7, 11) is 0. The molecule has 1 saturated heterocycles. The molecule has 0 amide bonds. The van der Waals surface area contributed by atoms with Gasteiger partial charge in [-0.3, -0.25) is 0 Å². The van der Waals surface area contributed by atoms with Crippen molar-refractivity contribution in [3.05, 3.63) is 0 Å². The number of hydrogen-bond donors (Lipinski definition) is 1. The molecular formula is C4H10N+. The van der Waals surface area contributed by atoms with E-state index in [1.807, 2.05) is 0 Å². The number of hydrogen-bond acceptors (Lipinski definition) is 1. The fourth-order valence-electron chi connectivity index (χ4n) is 0.625. The predicted octanol–water partition coefficient (Wildman–Crippen LogP) is 0.482. The lowest BCUT2D eigenvalue weighted by molar-refractivity contribution is 0.857. The molecule has 5 heavy (non-hydrogen) atoms. The first-order valence-corrected chi connectivity index (χ1v) is 2.21. The lowest BCUT2D eigenvalue weighted by Crippen LogP contribution is -2.03. The summed E-state index contributed by atoms with van der Waals surface area (Å²) in [6.07, 6.45) is 2.78. The summed E-state index contributed by atoms with van der Waals surface area (Å²) < 4.78 is 0. The van der Waals surface area contributed by atoms with Gasteiger partial charge in [0, 0.05) is 0 Å². The van der Waals surface area contributed by atoms with E-state index in [-0.39, 0.29) is 1.43 Å². The predicted molar refractivity (Wildman–Crippen MR) is 23.2 cm³/mol. The van der Waals surface area contributed by atoms with Crippen LogP contribution >= 0.6 is 0 Å². The molecule has 30 valence electrons. The Morgan fingerprint density at radius 2 is 1.80 bits per heavy atom. The Hall–Kier alpha value is -0.0400. The second kappa shape index (κ2) is 1.41. The summed E-state index contributed by atoms with van der Waals surface area (Å²) in [5.41, 5.74) is 0. The highest BCUT2D eigenvalue weighted by atomic mass is 14.9. The van der Waals surface area contributed by atoms with Crippen LogP contribution in [-0.2, 0) is 0 Å². The van der Waals surface area contributed by atoms with Crippen LogP contribution in [0.1, 0.15) is 14.3 Å². The van der Waals surface area contributed by atoms with Crippen molar-refractivity contribution in [2.45, 2.75) is 12.8 Å². The quantitative estimate of drug-likeness (QED) is 0.439. The van der Waals surface area contributed by atoms with Crippen LogP contribution in [0, 0.1) is 0 Å². The molecule has 0 aliphatic carbocycles. The molecule has 1 heterocycles. The second-order valence-electron chi connectivity index (χ2n) is 1.46. The standard InChI is InChI=1S/C4H9N/c1-2-4-5-3-1/h5H,1-4H2/p+1. The van der Waals surface area contributed by atoms with Crippen molar-refractivity contribution < 1.29 is 1.43 Å². The Morgan fingerprint density at radius 1 is 1.20 bits per heavy atom. The van der Waals surface area contributed by atoms with Crippen LogP contribution < -0.4 is 5.32 Å². The van der Waals surface area contributed by atoms with Gasteiger partial charge in [-0.1, -0.05) is 0 Å². The van der Waals surface area contributed by atoms with Crippen LogP contribution in [0.5, 0.6) is 0 Å². The molecular weight excluding hydrogens is 62.1 g/mol. The van der Waals surface area contributed by atoms with Gasteiger partial charge >= 0.3 is 1.43 Å². The highest BCUT2D eigenvalue weighted by molar-refractivity contribution is 4.55. The normalized spacial score (nSPS) is 24.0. The van der Waals surface area contributed by atoms with Crippen molar-refractivity contribution in [3.63, 3.8) is 0 Å². The van der Waals surface area contributed by atoms with E-state index in [2.05, 4.69) is 5.32 Å². The Balaban J connectivity index is 0.000000250. The smallest absolute Gasteiger partial charge is 0.317 e. The van der Waals surface area contributed by atoms with Crippen LogP contribution in [-0.4, -0.2) is 13.1 Å². The van der Waals surface area contributed by atoms with Crippen LogP contribution in [0.4, 0.5) is 0 Å². The van der Waals surface area contributed by atoms with E-state index in [0.29, 0.717) is 0 Å². The third-order valence-corrected chi connectivity index (χ3v) is 0.957. The second-order valence-corrected chi connectivity index (χ2v) is 1.46. The SMILES string of the molecule is C1CCNC1.[H+]. The molecule has 1 rings (SSSR count). The zero-order chi connectivity index (χ0) is 3.54. The fraction of sp³-hybridized carbons (Fsp3) is 1.00. The minimum Gasteiger partial charge on any atom is -0.317 e. The first-order valence-electron chi connectivity index (χ1n) is 2.21. The van der Waals surface area contributed by atoms with Gasteiger partial charge in [0.25, 0.3) is 0 Å². The molecule has 0 unspecified atom stereocenters. The molecule has 1 fully saturated rings. The molecule has 0 spiro atoms. The minimum absolute atomic E-state index is 0. The van der Waals surface area contributed by atoms with Crippen molar-refractivity contribution in [2.24, 2.45) is 0 Å². The Kier molecular flexibility index (Phi) is 0.892. The number of rotatable bonds is 0. The van der Waals surface area contributed by atoms with Gasteiger partial charge in [-0.25, -0.2) is 0 Å². The van der Waals surface area contributed by atoms with Gasteiger partial charge in [-0.05, 0) is 25.9 Å². The average Bonchev–Trinajstić information content (AvgIpc) is 1.76. The molecule has 0 aromatic heterocycles. The van der Waals surface area contributed by atoms with Gasteiger partial charge < -0.3 is 5.32 Å². The average molecular weight is 72.1 g/mol. The monoisotopic (exact) mass is 72.1 g/mol. The lowest BCUT2D eigenvalue weighted by atomic mass is 10.4. The Labute approximate surface area is 33.9 Å². The maximum Gasteiger partial charge on any atom is 1.00 e. The molecule has 0 aromatic carbocycles. The summed E-state index contributed by atoms with van der Waals surface area (Å²) in [5.74, 6) is 0. The van der Waals surface area contributed by atoms with E-state index < -0.39 is 0 Å². The molecule has 1 aliphatic rings. The first-order chi connectivity index (χ1) is 2.50. The van der Waals surface area contributed by atoms with Crippen molar-refractivity contribution in [3.8, 4) is 0 Å². The van der Waals surface area contributed by atoms with E-state index in [1.54, 1.807) is 0 Å². The molecule has 1 heteroatoms. The van der Waals surface area contributed by atoms with Gasteiger partial charge in [-0.2, -0.15) is 0 Å². The molecule has 0 bridgehead atoms. The van der Waals surface area contributed by atoms with Gasteiger partial charge in [0.2, 0.25) is 0 Å². The zero-order valence-electron chi connectivity index (χ0n) is 4.33. The highest BCUT2D eigenvalue weighted by Gasteiger charge is 1.93. The summed E-state index contributed by atoms with van der Waals surface area (Å²) >= 11 is 0. The Bertz CT molecular complexity index is 19.1. The van der Waals surface area contributed by atoms with E-state index >= 15 is 0 Å². The molecule has 1 N–H and O–H groups in total. The summed E-state index contributed by atoms with van der Waals surface area (Å²) in [5, 5.41) is 3.22. The van der Waals surface area contributed by atoms with Gasteiger partial charge in [0.15, 0.2) is 0 Å². The van der Waals surface area contributed by atoms with Crippen molar-refractivity contribution in [2.75, 3.05) is 13.1 Å². The molecule has 1 aliphatic heterocycles. The van der Waals surface area contributed by atoms with E-state index in [4.69, 9.17) is 0 Å². The van der Waals surface area contributed by atoms with Gasteiger partial charge in [0.1, 0.15) is 0 Å². The first kappa shape index (κ1) is 3.16. The molecule has 0 radical (unpaired) electrons. The molecule has 0 aromatic rings. The molecule has 0 atom stereocenters. The van der Waals surface area contributed by atoms with E-state index in [0.717, 1.165) is 0 Å². The van der Waals surface area contributed by atoms with Gasteiger partial charge in [0.05, 0.1) is 0 Å². The van der Waals surface area contributed by atoms with Crippen molar-refractivity contribution >= 4 is 0 Å². The molecule has 0 saturated carbocycles. The van der Waals surface area contributed by atoms with Crippen LogP contribution in [0.2, 0.25) is 0 Å².